The van der Waals surface area contributed by atoms with Crippen LogP contribution in [0.15, 0.2) is 189 Å². The summed E-state index contributed by atoms with van der Waals surface area (Å²) in [6, 6.07) is 57.6. The van der Waals surface area contributed by atoms with Crippen molar-refractivity contribution in [3.8, 4) is 50.3 Å². The van der Waals surface area contributed by atoms with Gasteiger partial charge in [0.05, 0.1) is 27.1 Å². The maximum absolute atomic E-state index is 4.62. The fourth-order valence-corrected chi connectivity index (χ4v) is 10.3. The van der Waals surface area contributed by atoms with Gasteiger partial charge in [-0.05, 0) is 106 Å². The van der Waals surface area contributed by atoms with Crippen molar-refractivity contribution in [2.45, 2.75) is 5.92 Å². The van der Waals surface area contributed by atoms with Crippen molar-refractivity contribution in [1.29, 1.82) is 0 Å². The van der Waals surface area contributed by atoms with Crippen LogP contribution in [0.2, 0.25) is 0 Å². The summed E-state index contributed by atoms with van der Waals surface area (Å²) in [5.74, 6) is 0.145. The smallest absolute Gasteiger partial charge is 0.0702 e. The molecule has 11 aromatic rings. The molecule has 5 heterocycles. The lowest BCUT2D eigenvalue weighted by atomic mass is 9.88. The zero-order valence-electron chi connectivity index (χ0n) is 30.7. The number of thiophene rings is 1. The normalized spacial score (nSPS) is 12.5. The van der Waals surface area contributed by atoms with Crippen LogP contribution in [0.5, 0.6) is 0 Å². The minimum Gasteiger partial charge on any atom is -0.308 e. The second-order valence-electron chi connectivity index (χ2n) is 14.8. The van der Waals surface area contributed by atoms with Crippen molar-refractivity contribution >= 4 is 53.3 Å². The number of hydrogen-bond donors (Lipinski definition) is 0. The Hall–Kier alpha value is -7.21. The van der Waals surface area contributed by atoms with Crippen LogP contribution in [0.25, 0.3) is 92.3 Å². The van der Waals surface area contributed by atoms with Crippen LogP contribution >= 0.6 is 11.3 Å². The Labute approximate surface area is 333 Å². The van der Waals surface area contributed by atoms with Gasteiger partial charge in [-0.25, -0.2) is 0 Å². The van der Waals surface area contributed by atoms with Gasteiger partial charge in [-0.1, -0.05) is 91.0 Å². The van der Waals surface area contributed by atoms with Gasteiger partial charge in [0, 0.05) is 79.8 Å². The third kappa shape index (κ3) is 5.03. The first-order chi connectivity index (χ1) is 28.3. The average molecular weight is 745 g/mol. The molecule has 57 heavy (non-hydrogen) atoms. The first-order valence-corrected chi connectivity index (χ1v) is 20.1. The molecule has 0 amide bonds. The number of fused-ring (bicyclic) bond motifs is 9. The van der Waals surface area contributed by atoms with Gasteiger partial charge >= 0.3 is 0 Å². The van der Waals surface area contributed by atoms with E-state index < -0.39 is 0 Å². The Morgan fingerprint density at radius 3 is 1.93 bits per heavy atom. The zero-order chi connectivity index (χ0) is 37.5. The summed E-state index contributed by atoms with van der Waals surface area (Å²) in [6.07, 6.45) is 9.61. The molecule has 0 fully saturated rings. The predicted molar refractivity (Wildman–Crippen MR) is 236 cm³/mol. The van der Waals surface area contributed by atoms with Gasteiger partial charge in [0.25, 0.3) is 0 Å². The van der Waals surface area contributed by atoms with Crippen molar-refractivity contribution in [3.05, 3.63) is 205 Å². The summed E-state index contributed by atoms with van der Waals surface area (Å²) < 4.78 is 5.02. The molecule has 0 unspecified atom stereocenters. The van der Waals surface area contributed by atoms with Gasteiger partial charge in [-0.15, -0.1) is 11.3 Å². The predicted octanol–water partition coefficient (Wildman–Crippen LogP) is 13.5. The lowest BCUT2D eigenvalue weighted by Crippen LogP contribution is -1.99. The van der Waals surface area contributed by atoms with Crippen LogP contribution in [0.1, 0.15) is 22.6 Å². The van der Waals surface area contributed by atoms with Crippen molar-refractivity contribution in [2.24, 2.45) is 0 Å². The highest BCUT2D eigenvalue weighted by Gasteiger charge is 2.30. The Kier molecular flexibility index (Phi) is 7.13. The molecule has 6 aromatic carbocycles. The third-order valence-electron chi connectivity index (χ3n) is 11.7. The molecule has 0 N–H and O–H groups in total. The van der Waals surface area contributed by atoms with E-state index in [0.717, 1.165) is 11.3 Å². The van der Waals surface area contributed by atoms with Crippen LogP contribution in [0.3, 0.4) is 0 Å². The maximum atomic E-state index is 4.62. The van der Waals surface area contributed by atoms with E-state index in [0.29, 0.717) is 0 Å². The molecule has 0 aliphatic heterocycles. The first-order valence-electron chi connectivity index (χ1n) is 19.3. The van der Waals surface area contributed by atoms with E-state index in [9.17, 15) is 0 Å². The quantitative estimate of drug-likeness (QED) is 0.176. The molecule has 5 aromatic heterocycles. The monoisotopic (exact) mass is 744 g/mol. The second kappa shape index (κ2) is 12.7. The van der Waals surface area contributed by atoms with E-state index in [1.807, 2.05) is 54.5 Å². The molecule has 1 aliphatic carbocycles. The van der Waals surface area contributed by atoms with Gasteiger partial charge in [0.2, 0.25) is 0 Å². The Balaban J connectivity index is 0.955. The Morgan fingerprint density at radius 2 is 1.12 bits per heavy atom. The molecule has 0 spiro atoms. The number of rotatable bonds is 5. The summed E-state index contributed by atoms with van der Waals surface area (Å²) in [5.41, 5.74) is 16.7. The van der Waals surface area contributed by atoms with E-state index in [4.69, 9.17) is 0 Å². The Morgan fingerprint density at radius 1 is 0.456 bits per heavy atom. The first kappa shape index (κ1) is 32.1. The highest BCUT2D eigenvalue weighted by molar-refractivity contribution is 7.26. The number of aromatic nitrogens is 4. The molecule has 0 saturated carbocycles. The van der Waals surface area contributed by atoms with E-state index in [-0.39, 0.29) is 5.92 Å². The minimum atomic E-state index is 0.145. The van der Waals surface area contributed by atoms with Gasteiger partial charge in [0.15, 0.2) is 0 Å². The molecule has 12 rings (SSSR count). The third-order valence-corrected chi connectivity index (χ3v) is 12.9. The highest BCUT2D eigenvalue weighted by atomic mass is 32.1. The SMILES string of the molecule is c1ccc(-c2ccc3sc4c(-n5c6ccccc6c6cc(-c7cccc(-c8cccc(C9c%10ccncc%10-c%10cnccc%109)c8)c7)ccc65)cccc4c3c2)nc1. The maximum Gasteiger partial charge on any atom is 0.0702 e. The number of nitrogens with zero attached hydrogens (tertiary/aromatic N) is 4. The number of benzene rings is 6. The summed E-state index contributed by atoms with van der Waals surface area (Å²) in [6.45, 7) is 0. The molecular formula is C52H32N4S. The standard InChI is InChI=1S/C52H32N4S/c1-2-15-47-38(12-1)42-28-35(17-19-48(42)56(47)49-16-7-13-41-43-29-36(46-14-3-4-23-55-46)18-20-50(43)57-52(41)49)33-9-5-8-32(26-33)34-10-6-11-37(27-34)51-39-21-24-53-30-44(39)45-31-54-25-22-40(45)51/h1-31,51H. The minimum absolute atomic E-state index is 0.145. The molecular weight excluding hydrogens is 713 g/mol. The fourth-order valence-electron chi connectivity index (χ4n) is 9.13. The van der Waals surface area contributed by atoms with E-state index >= 15 is 0 Å². The molecule has 1 aliphatic rings. The van der Waals surface area contributed by atoms with Gasteiger partial charge in [0.1, 0.15) is 0 Å². The van der Waals surface area contributed by atoms with E-state index in [1.54, 1.807) is 0 Å². The molecule has 0 radical (unpaired) electrons. The Bertz CT molecular complexity index is 3330. The number of pyridine rings is 3. The highest BCUT2D eigenvalue weighted by Crippen LogP contribution is 2.48. The fraction of sp³-hybridized carbons (Fsp3) is 0.0192. The van der Waals surface area contributed by atoms with Crippen LogP contribution in [0, 0.1) is 0 Å². The summed E-state index contributed by atoms with van der Waals surface area (Å²) >= 11 is 1.86. The van der Waals surface area contributed by atoms with Crippen LogP contribution < -0.4 is 0 Å². The van der Waals surface area contributed by atoms with Gasteiger partial charge in [-0.2, -0.15) is 0 Å². The van der Waals surface area contributed by atoms with Crippen molar-refractivity contribution in [2.75, 3.05) is 0 Å². The van der Waals surface area contributed by atoms with E-state index in [1.165, 1.54) is 97.7 Å². The lowest BCUT2D eigenvalue weighted by Gasteiger charge is -2.16. The van der Waals surface area contributed by atoms with Crippen LogP contribution in [0.4, 0.5) is 0 Å². The molecule has 266 valence electrons. The molecule has 4 nitrogen and oxygen atoms in total. The molecule has 0 atom stereocenters. The average Bonchev–Trinajstić information content (AvgIpc) is 3.94. The zero-order valence-corrected chi connectivity index (χ0v) is 31.5. The van der Waals surface area contributed by atoms with Crippen molar-refractivity contribution in [1.82, 2.24) is 19.5 Å². The summed E-state index contributed by atoms with van der Waals surface area (Å²) in [4.78, 5) is 13.5. The topological polar surface area (TPSA) is 43.6 Å². The lowest BCUT2D eigenvalue weighted by molar-refractivity contribution is 1.01. The molecule has 0 saturated heterocycles. The number of hydrogen-bond acceptors (Lipinski definition) is 4. The van der Waals surface area contributed by atoms with Crippen molar-refractivity contribution < 1.29 is 0 Å². The largest absolute Gasteiger partial charge is 0.308 e. The molecule has 5 heteroatoms. The van der Waals surface area contributed by atoms with E-state index in [2.05, 4.69) is 165 Å². The van der Waals surface area contributed by atoms with Crippen LogP contribution in [-0.4, -0.2) is 19.5 Å². The molecule has 0 bridgehead atoms. The summed E-state index contributed by atoms with van der Waals surface area (Å²) in [5, 5.41) is 5.02. The van der Waals surface area contributed by atoms with Crippen LogP contribution in [-0.2, 0) is 0 Å². The van der Waals surface area contributed by atoms with Gasteiger partial charge < -0.3 is 4.57 Å². The second-order valence-corrected chi connectivity index (χ2v) is 15.9. The van der Waals surface area contributed by atoms with Crippen molar-refractivity contribution in [3.63, 3.8) is 0 Å². The summed E-state index contributed by atoms with van der Waals surface area (Å²) in [7, 11) is 0. The number of para-hydroxylation sites is 1. The van der Waals surface area contributed by atoms with Gasteiger partial charge in [-0.3, -0.25) is 15.0 Å².